The lowest BCUT2D eigenvalue weighted by atomic mass is 9.89. The van der Waals surface area contributed by atoms with Crippen LogP contribution in [0, 0.1) is 0 Å². The highest BCUT2D eigenvalue weighted by Crippen LogP contribution is 2.20. The van der Waals surface area contributed by atoms with Gasteiger partial charge in [-0.2, -0.15) is 0 Å². The largest absolute Gasteiger partial charge is 0.392 e. The van der Waals surface area contributed by atoms with E-state index in [2.05, 4.69) is 10.3 Å². The predicted octanol–water partition coefficient (Wildman–Crippen LogP) is 0.756. The monoisotopic (exact) mass is 184 g/mol. The van der Waals surface area contributed by atoms with Crippen molar-refractivity contribution in [2.45, 2.75) is 31.5 Å². The smallest absolute Gasteiger partial charge is 0.0794 e. The van der Waals surface area contributed by atoms with Crippen molar-refractivity contribution in [3.05, 3.63) is 16.6 Å². The van der Waals surface area contributed by atoms with E-state index < -0.39 is 0 Å². The van der Waals surface area contributed by atoms with Crippen LogP contribution in [0.4, 0.5) is 0 Å². The number of thiazole rings is 1. The van der Waals surface area contributed by atoms with Gasteiger partial charge >= 0.3 is 0 Å². The van der Waals surface area contributed by atoms with E-state index in [1.165, 1.54) is 4.88 Å². The molecule has 1 aromatic rings. The molecule has 0 unspecified atom stereocenters. The van der Waals surface area contributed by atoms with Crippen molar-refractivity contribution in [2.24, 2.45) is 0 Å². The van der Waals surface area contributed by atoms with Crippen LogP contribution >= 0.6 is 11.3 Å². The second-order valence-electron chi connectivity index (χ2n) is 3.10. The second kappa shape index (κ2) is 3.51. The summed E-state index contributed by atoms with van der Waals surface area (Å²) in [6.07, 6.45) is 3.78. The maximum absolute atomic E-state index is 9.26. The maximum Gasteiger partial charge on any atom is 0.0794 e. The van der Waals surface area contributed by atoms with Crippen LogP contribution < -0.4 is 5.32 Å². The van der Waals surface area contributed by atoms with Crippen molar-refractivity contribution in [3.8, 4) is 0 Å². The molecule has 2 N–H and O–H groups in total. The van der Waals surface area contributed by atoms with Gasteiger partial charge in [-0.05, 0) is 12.8 Å². The summed E-state index contributed by atoms with van der Waals surface area (Å²) < 4.78 is 0. The van der Waals surface area contributed by atoms with Crippen LogP contribution in [0.25, 0.3) is 0 Å². The predicted molar refractivity (Wildman–Crippen MR) is 48.0 cm³/mol. The first-order chi connectivity index (χ1) is 5.86. The van der Waals surface area contributed by atoms with Gasteiger partial charge in [-0.15, -0.1) is 11.3 Å². The zero-order valence-electron chi connectivity index (χ0n) is 6.73. The van der Waals surface area contributed by atoms with E-state index in [0.717, 1.165) is 19.4 Å². The van der Waals surface area contributed by atoms with Crippen LogP contribution in [-0.4, -0.2) is 22.2 Å². The number of aliphatic hydroxyl groups is 1. The lowest BCUT2D eigenvalue weighted by Gasteiger charge is -2.32. The van der Waals surface area contributed by atoms with Gasteiger partial charge in [0.2, 0.25) is 0 Å². The third kappa shape index (κ3) is 1.65. The average Bonchev–Trinajstić information content (AvgIpc) is 2.54. The molecular formula is C8H12N2OS. The summed E-state index contributed by atoms with van der Waals surface area (Å²) in [4.78, 5) is 5.21. The SMILES string of the molecule is O[C@@H]1CC[C@H]1NCc1cncs1. The third-order valence-corrected chi connectivity index (χ3v) is 3.04. The topological polar surface area (TPSA) is 45.1 Å². The van der Waals surface area contributed by atoms with Gasteiger partial charge in [0.25, 0.3) is 0 Å². The number of rotatable bonds is 3. The number of hydrogen-bond acceptors (Lipinski definition) is 4. The first kappa shape index (κ1) is 8.16. The molecule has 2 atom stereocenters. The normalized spacial score (nSPS) is 28.4. The molecule has 2 rings (SSSR count). The second-order valence-corrected chi connectivity index (χ2v) is 4.07. The molecule has 1 fully saturated rings. The molecule has 0 radical (unpaired) electrons. The van der Waals surface area contributed by atoms with Crippen LogP contribution in [0.2, 0.25) is 0 Å². The zero-order valence-corrected chi connectivity index (χ0v) is 7.55. The Morgan fingerprint density at radius 2 is 2.58 bits per heavy atom. The summed E-state index contributed by atoms with van der Waals surface area (Å²) in [7, 11) is 0. The number of hydrogen-bond donors (Lipinski definition) is 2. The van der Waals surface area contributed by atoms with Gasteiger partial charge in [-0.25, -0.2) is 0 Å². The Bertz CT molecular complexity index is 237. The highest BCUT2D eigenvalue weighted by Gasteiger charge is 2.27. The van der Waals surface area contributed by atoms with Gasteiger partial charge in [0.15, 0.2) is 0 Å². The molecule has 0 aromatic carbocycles. The summed E-state index contributed by atoms with van der Waals surface area (Å²) in [5, 5.41) is 12.6. The lowest BCUT2D eigenvalue weighted by molar-refractivity contribution is 0.0494. The fraction of sp³-hybridized carbons (Fsp3) is 0.625. The van der Waals surface area contributed by atoms with Crippen LogP contribution in [0.15, 0.2) is 11.7 Å². The molecule has 1 saturated carbocycles. The molecule has 0 aliphatic heterocycles. The quantitative estimate of drug-likeness (QED) is 0.729. The number of nitrogens with one attached hydrogen (secondary N) is 1. The van der Waals surface area contributed by atoms with Crippen molar-refractivity contribution in [2.75, 3.05) is 0 Å². The van der Waals surface area contributed by atoms with Gasteiger partial charge < -0.3 is 10.4 Å². The first-order valence-corrected chi connectivity index (χ1v) is 5.03. The molecule has 1 aliphatic rings. The Balaban J connectivity index is 1.75. The minimum atomic E-state index is -0.127. The van der Waals surface area contributed by atoms with E-state index in [9.17, 15) is 5.11 Å². The van der Waals surface area contributed by atoms with Gasteiger partial charge in [-0.1, -0.05) is 0 Å². The Hall–Kier alpha value is -0.450. The molecule has 0 spiro atoms. The van der Waals surface area contributed by atoms with Crippen LogP contribution in [-0.2, 0) is 6.54 Å². The summed E-state index contributed by atoms with van der Waals surface area (Å²) in [6.45, 7) is 0.840. The van der Waals surface area contributed by atoms with E-state index in [1.807, 2.05) is 11.7 Å². The van der Waals surface area contributed by atoms with Gasteiger partial charge in [0.1, 0.15) is 0 Å². The Morgan fingerprint density at radius 1 is 1.67 bits per heavy atom. The van der Waals surface area contributed by atoms with Crippen molar-refractivity contribution >= 4 is 11.3 Å². The Morgan fingerprint density at radius 3 is 3.08 bits per heavy atom. The van der Waals surface area contributed by atoms with Gasteiger partial charge in [0.05, 0.1) is 11.6 Å². The maximum atomic E-state index is 9.26. The first-order valence-electron chi connectivity index (χ1n) is 4.15. The molecule has 0 bridgehead atoms. The van der Waals surface area contributed by atoms with Crippen LogP contribution in [0.1, 0.15) is 17.7 Å². The summed E-state index contributed by atoms with van der Waals surface area (Å²) in [5.41, 5.74) is 1.83. The highest BCUT2D eigenvalue weighted by molar-refractivity contribution is 7.09. The fourth-order valence-electron chi connectivity index (χ4n) is 1.28. The molecule has 0 amide bonds. The summed E-state index contributed by atoms with van der Waals surface area (Å²) >= 11 is 1.65. The third-order valence-electron chi connectivity index (χ3n) is 2.26. The summed E-state index contributed by atoms with van der Waals surface area (Å²) in [6, 6.07) is 0.312. The molecule has 1 aromatic heterocycles. The number of nitrogens with zero attached hydrogens (tertiary/aromatic N) is 1. The zero-order chi connectivity index (χ0) is 8.39. The fourth-order valence-corrected chi connectivity index (χ4v) is 1.83. The Labute approximate surface area is 75.5 Å². The van der Waals surface area contributed by atoms with Crippen molar-refractivity contribution < 1.29 is 5.11 Å². The van der Waals surface area contributed by atoms with E-state index in [0.29, 0.717) is 6.04 Å². The molecule has 1 heterocycles. The van der Waals surface area contributed by atoms with E-state index in [4.69, 9.17) is 0 Å². The lowest BCUT2D eigenvalue weighted by Crippen LogP contribution is -2.47. The molecule has 0 saturated heterocycles. The minimum Gasteiger partial charge on any atom is -0.392 e. The van der Waals surface area contributed by atoms with Crippen molar-refractivity contribution in [1.82, 2.24) is 10.3 Å². The van der Waals surface area contributed by atoms with E-state index in [-0.39, 0.29) is 6.10 Å². The minimum absolute atomic E-state index is 0.127. The molecule has 66 valence electrons. The molecule has 1 aliphatic carbocycles. The summed E-state index contributed by atoms with van der Waals surface area (Å²) in [5.74, 6) is 0. The van der Waals surface area contributed by atoms with Crippen LogP contribution in [0.3, 0.4) is 0 Å². The van der Waals surface area contributed by atoms with Crippen molar-refractivity contribution in [3.63, 3.8) is 0 Å². The highest BCUT2D eigenvalue weighted by atomic mass is 32.1. The van der Waals surface area contributed by atoms with Gasteiger partial charge in [0, 0.05) is 23.7 Å². The number of aromatic nitrogens is 1. The molecule has 3 nitrogen and oxygen atoms in total. The molecule has 12 heavy (non-hydrogen) atoms. The van der Waals surface area contributed by atoms with E-state index >= 15 is 0 Å². The van der Waals surface area contributed by atoms with Gasteiger partial charge in [-0.3, -0.25) is 4.98 Å². The molecular weight excluding hydrogens is 172 g/mol. The van der Waals surface area contributed by atoms with Crippen molar-refractivity contribution in [1.29, 1.82) is 0 Å². The average molecular weight is 184 g/mol. The number of aliphatic hydroxyl groups excluding tert-OH is 1. The standard InChI is InChI=1S/C8H12N2OS/c11-8-2-1-7(8)10-4-6-3-9-5-12-6/h3,5,7-8,10-11H,1-2,4H2/t7-,8-/m1/s1. The van der Waals surface area contributed by atoms with Crippen LogP contribution in [0.5, 0.6) is 0 Å². The molecule has 4 heteroatoms. The Kier molecular flexibility index (Phi) is 2.39. The van der Waals surface area contributed by atoms with E-state index in [1.54, 1.807) is 11.3 Å².